The summed E-state index contributed by atoms with van der Waals surface area (Å²) in [4.78, 5) is 0.258. The Balaban J connectivity index is 2.10. The molecule has 3 aromatic rings. The van der Waals surface area contributed by atoms with E-state index in [-0.39, 0.29) is 23.1 Å². The van der Waals surface area contributed by atoms with E-state index in [1.807, 2.05) is 31.2 Å². The number of aryl methyl sites for hydroxylation is 1. The summed E-state index contributed by atoms with van der Waals surface area (Å²) in [6, 6.07) is 18.1. The fraction of sp³-hybridized carbons (Fsp3) is 0.0909. The standard InChI is InChI=1S/C22H19ClN2O2S/c1-15-8-10-17(11-9-15)24-22(28)20(25-12-4-5-16(13-25)14-26)21(27)18-6-2-3-7-19(18)23/h2-13,26H,14H2,1H3,(H-,24,27,28). The molecular formula is C22H19ClN2O2S. The van der Waals surface area contributed by atoms with Gasteiger partial charge in [-0.2, -0.15) is 4.57 Å². The predicted octanol–water partition coefficient (Wildman–Crippen LogP) is 3.55. The highest BCUT2D eigenvalue weighted by atomic mass is 35.5. The fourth-order valence-electron chi connectivity index (χ4n) is 2.69. The maximum absolute atomic E-state index is 13.3. The maximum Gasteiger partial charge on any atom is 0.238 e. The van der Waals surface area contributed by atoms with Crippen LogP contribution in [0.3, 0.4) is 0 Å². The van der Waals surface area contributed by atoms with Crippen molar-refractivity contribution in [1.82, 2.24) is 0 Å². The SMILES string of the molecule is Cc1ccc(NC(=S)C(=C([O-])c2ccccc2Cl)[n+]2cccc(CO)c2)cc1. The zero-order chi connectivity index (χ0) is 20.1. The quantitative estimate of drug-likeness (QED) is 0.292. The molecule has 2 aromatic carbocycles. The second-order valence-corrected chi connectivity index (χ2v) is 7.07. The summed E-state index contributed by atoms with van der Waals surface area (Å²) in [5.41, 5.74) is 3.16. The number of anilines is 1. The van der Waals surface area contributed by atoms with Crippen LogP contribution in [0.5, 0.6) is 0 Å². The fourth-order valence-corrected chi connectivity index (χ4v) is 3.23. The number of rotatable bonds is 5. The summed E-state index contributed by atoms with van der Waals surface area (Å²) < 4.78 is 1.61. The molecule has 0 spiro atoms. The van der Waals surface area contributed by atoms with Crippen molar-refractivity contribution in [2.24, 2.45) is 0 Å². The van der Waals surface area contributed by atoms with E-state index in [9.17, 15) is 10.2 Å². The molecule has 0 aliphatic heterocycles. The number of nitrogens with one attached hydrogen (secondary N) is 1. The maximum atomic E-state index is 13.3. The molecule has 0 aliphatic rings. The van der Waals surface area contributed by atoms with E-state index in [0.29, 0.717) is 16.1 Å². The minimum absolute atomic E-state index is 0.146. The van der Waals surface area contributed by atoms with Gasteiger partial charge in [0.25, 0.3) is 0 Å². The predicted molar refractivity (Wildman–Crippen MR) is 115 cm³/mol. The largest absolute Gasteiger partial charge is 0.867 e. The van der Waals surface area contributed by atoms with E-state index in [2.05, 4.69) is 5.32 Å². The first-order valence-corrected chi connectivity index (χ1v) is 9.44. The lowest BCUT2D eigenvalue weighted by Crippen LogP contribution is -2.40. The van der Waals surface area contributed by atoms with Crippen molar-refractivity contribution in [1.29, 1.82) is 0 Å². The van der Waals surface area contributed by atoms with E-state index in [0.717, 1.165) is 11.3 Å². The number of hydrogen-bond donors (Lipinski definition) is 2. The van der Waals surface area contributed by atoms with Gasteiger partial charge in [0, 0.05) is 22.3 Å². The van der Waals surface area contributed by atoms with Crippen LogP contribution >= 0.6 is 23.8 Å². The minimum Gasteiger partial charge on any atom is -0.867 e. The second-order valence-electron chi connectivity index (χ2n) is 6.26. The molecule has 3 rings (SSSR count). The van der Waals surface area contributed by atoms with Crippen molar-refractivity contribution in [3.63, 3.8) is 0 Å². The smallest absolute Gasteiger partial charge is 0.238 e. The summed E-state index contributed by atoms with van der Waals surface area (Å²) in [6.07, 6.45) is 3.39. The van der Waals surface area contributed by atoms with Crippen LogP contribution in [-0.4, -0.2) is 10.1 Å². The van der Waals surface area contributed by atoms with Crippen LogP contribution in [0.2, 0.25) is 5.02 Å². The highest BCUT2D eigenvalue weighted by molar-refractivity contribution is 7.81. The Labute approximate surface area is 174 Å². The molecule has 142 valence electrons. The number of hydrogen-bond acceptors (Lipinski definition) is 3. The van der Waals surface area contributed by atoms with Crippen molar-refractivity contribution in [3.8, 4) is 0 Å². The third-order valence-electron chi connectivity index (χ3n) is 4.16. The number of benzene rings is 2. The van der Waals surface area contributed by atoms with E-state index < -0.39 is 0 Å². The van der Waals surface area contributed by atoms with E-state index >= 15 is 0 Å². The van der Waals surface area contributed by atoms with Crippen LogP contribution in [0.1, 0.15) is 16.7 Å². The number of thiocarbonyl (C=S) groups is 1. The third kappa shape index (κ3) is 4.57. The molecule has 28 heavy (non-hydrogen) atoms. The van der Waals surface area contributed by atoms with Crippen molar-refractivity contribution in [2.75, 3.05) is 5.32 Å². The van der Waals surface area contributed by atoms with Gasteiger partial charge in [-0.05, 0) is 42.5 Å². The van der Waals surface area contributed by atoms with Crippen LogP contribution in [0, 0.1) is 6.92 Å². The Kier molecular flexibility index (Phi) is 6.41. The van der Waals surface area contributed by atoms with Crippen LogP contribution in [0.25, 0.3) is 11.5 Å². The van der Waals surface area contributed by atoms with Gasteiger partial charge < -0.3 is 15.5 Å². The molecule has 1 aromatic heterocycles. The van der Waals surface area contributed by atoms with Crippen LogP contribution in [0.15, 0.2) is 73.1 Å². The lowest BCUT2D eigenvalue weighted by Gasteiger charge is -2.18. The Hall–Kier alpha value is -2.73. The average molecular weight is 411 g/mol. The summed E-state index contributed by atoms with van der Waals surface area (Å²) in [7, 11) is 0. The van der Waals surface area contributed by atoms with Gasteiger partial charge in [0.1, 0.15) is 0 Å². The first-order chi connectivity index (χ1) is 13.5. The molecule has 0 amide bonds. The molecule has 0 bridgehead atoms. The van der Waals surface area contributed by atoms with E-state index in [1.165, 1.54) is 0 Å². The van der Waals surface area contributed by atoms with Gasteiger partial charge in [0.2, 0.25) is 5.70 Å². The molecule has 0 saturated heterocycles. The van der Waals surface area contributed by atoms with Gasteiger partial charge in [-0.25, -0.2) is 0 Å². The van der Waals surface area contributed by atoms with Gasteiger partial charge in [0.15, 0.2) is 17.4 Å². The van der Waals surface area contributed by atoms with E-state index in [1.54, 1.807) is 53.4 Å². The molecule has 0 aliphatic carbocycles. The Morgan fingerprint density at radius 1 is 1.11 bits per heavy atom. The lowest BCUT2D eigenvalue weighted by atomic mass is 10.1. The first kappa shape index (κ1) is 20.0. The molecule has 1 heterocycles. The van der Waals surface area contributed by atoms with Gasteiger partial charge in [-0.15, -0.1) is 0 Å². The summed E-state index contributed by atoms with van der Waals surface area (Å²) >= 11 is 11.8. The first-order valence-electron chi connectivity index (χ1n) is 8.65. The topological polar surface area (TPSA) is 59.2 Å². The Morgan fingerprint density at radius 2 is 1.82 bits per heavy atom. The van der Waals surface area contributed by atoms with Crippen molar-refractivity contribution < 1.29 is 14.8 Å². The van der Waals surface area contributed by atoms with Crippen molar-refractivity contribution >= 4 is 46.0 Å². The molecule has 0 fully saturated rings. The molecule has 4 nitrogen and oxygen atoms in total. The number of aliphatic hydroxyl groups is 1. The average Bonchev–Trinajstić information content (AvgIpc) is 2.70. The van der Waals surface area contributed by atoms with Crippen LogP contribution in [0.4, 0.5) is 5.69 Å². The van der Waals surface area contributed by atoms with Gasteiger partial charge >= 0.3 is 0 Å². The molecule has 0 saturated carbocycles. The number of pyridine rings is 1. The molecule has 0 atom stereocenters. The van der Waals surface area contributed by atoms with Crippen LogP contribution in [-0.2, 0) is 6.61 Å². The third-order valence-corrected chi connectivity index (χ3v) is 4.79. The molecular weight excluding hydrogens is 392 g/mol. The summed E-state index contributed by atoms with van der Waals surface area (Å²) in [6.45, 7) is 1.85. The highest BCUT2D eigenvalue weighted by Crippen LogP contribution is 2.24. The second kappa shape index (κ2) is 8.97. The molecule has 0 unspecified atom stereocenters. The zero-order valence-electron chi connectivity index (χ0n) is 15.2. The van der Waals surface area contributed by atoms with Crippen molar-refractivity contribution in [2.45, 2.75) is 13.5 Å². The zero-order valence-corrected chi connectivity index (χ0v) is 16.8. The highest BCUT2D eigenvalue weighted by Gasteiger charge is 2.20. The Morgan fingerprint density at radius 3 is 2.50 bits per heavy atom. The number of aromatic nitrogens is 1. The normalized spacial score (nSPS) is 11.7. The lowest BCUT2D eigenvalue weighted by molar-refractivity contribution is -0.578. The van der Waals surface area contributed by atoms with Gasteiger partial charge in [0.05, 0.1) is 6.61 Å². The van der Waals surface area contributed by atoms with Crippen LogP contribution < -0.4 is 15.0 Å². The molecule has 6 heteroatoms. The van der Waals surface area contributed by atoms with Gasteiger partial charge in [-0.1, -0.05) is 59.7 Å². The Bertz CT molecular complexity index is 1030. The van der Waals surface area contributed by atoms with Crippen molar-refractivity contribution in [3.05, 3.63) is 94.8 Å². The summed E-state index contributed by atoms with van der Waals surface area (Å²) in [5.74, 6) is -0.310. The number of aliphatic hydroxyl groups excluding tert-OH is 1. The summed E-state index contributed by atoms with van der Waals surface area (Å²) in [5, 5.41) is 26.3. The molecule has 0 radical (unpaired) electrons. The molecule has 2 N–H and O–H groups in total. The van der Waals surface area contributed by atoms with E-state index in [4.69, 9.17) is 23.8 Å². The minimum atomic E-state index is -0.310. The number of nitrogens with zero attached hydrogens (tertiary/aromatic N) is 1. The monoisotopic (exact) mass is 410 g/mol. The number of halogens is 1. The van der Waals surface area contributed by atoms with Gasteiger partial charge in [-0.3, -0.25) is 0 Å².